The number of aryl methyl sites for hydroxylation is 1. The van der Waals surface area contributed by atoms with Gasteiger partial charge < -0.3 is 4.90 Å². The average Bonchev–Trinajstić information content (AvgIpc) is 2.45. The Bertz CT molecular complexity index is 472. The minimum Gasteiger partial charge on any atom is -0.312 e. The van der Waals surface area contributed by atoms with Gasteiger partial charge in [-0.25, -0.2) is 0 Å². The van der Waals surface area contributed by atoms with Crippen molar-refractivity contribution in [2.75, 3.05) is 11.4 Å². The first kappa shape index (κ1) is 15.6. The lowest BCUT2D eigenvalue weighted by molar-refractivity contribution is -0.118. The van der Waals surface area contributed by atoms with Crippen LogP contribution in [0.1, 0.15) is 50.7 Å². The van der Waals surface area contributed by atoms with Crippen LogP contribution < -0.4 is 4.90 Å². The molecule has 1 heterocycles. The van der Waals surface area contributed by atoms with Gasteiger partial charge >= 0.3 is 0 Å². The van der Waals surface area contributed by atoms with Crippen molar-refractivity contribution in [2.45, 2.75) is 57.2 Å². The topological polar surface area (TPSA) is 20.3 Å². The summed E-state index contributed by atoms with van der Waals surface area (Å²) in [4.78, 5) is 14.5. The molecule has 1 atom stereocenters. The van der Waals surface area contributed by atoms with Gasteiger partial charge in [-0.05, 0) is 42.9 Å². The van der Waals surface area contributed by atoms with Gasteiger partial charge in [-0.15, -0.1) is 0 Å². The van der Waals surface area contributed by atoms with Crippen LogP contribution in [0.2, 0.25) is 0 Å². The van der Waals surface area contributed by atoms with Crippen LogP contribution in [0, 0.1) is 0 Å². The number of carbonyl (C=O) groups excluding carboxylic acids is 1. The molecule has 0 N–H and O–H groups in total. The van der Waals surface area contributed by atoms with Crippen LogP contribution >= 0.6 is 15.9 Å². The van der Waals surface area contributed by atoms with Gasteiger partial charge in [0.2, 0.25) is 5.91 Å². The van der Waals surface area contributed by atoms with E-state index in [4.69, 9.17) is 0 Å². The van der Waals surface area contributed by atoms with E-state index in [-0.39, 0.29) is 5.91 Å². The molecular weight excluding hydrogens is 314 g/mol. The first-order valence-corrected chi connectivity index (χ1v) is 8.63. The molecule has 1 aliphatic rings. The third kappa shape index (κ3) is 3.63. The molecule has 0 aromatic heterocycles. The lowest BCUT2D eigenvalue weighted by Gasteiger charge is -2.30. The smallest absolute Gasteiger partial charge is 0.226 e. The third-order valence-corrected chi connectivity index (χ3v) is 4.71. The molecule has 2 nitrogen and oxygen atoms in total. The number of hydrogen-bond acceptors (Lipinski definition) is 1. The van der Waals surface area contributed by atoms with Crippen LogP contribution in [0.15, 0.2) is 18.2 Å². The van der Waals surface area contributed by atoms with Crippen molar-refractivity contribution in [1.29, 1.82) is 0 Å². The second kappa shape index (κ2) is 7.26. The zero-order valence-electron chi connectivity index (χ0n) is 12.5. The maximum atomic E-state index is 12.0. The van der Waals surface area contributed by atoms with Crippen LogP contribution in [-0.2, 0) is 17.6 Å². The fraction of sp³-hybridized carbons (Fsp3) is 0.588. The van der Waals surface area contributed by atoms with Crippen LogP contribution in [-0.4, -0.2) is 17.3 Å². The number of alkyl halides is 1. The Morgan fingerprint density at radius 1 is 1.40 bits per heavy atom. The Labute approximate surface area is 130 Å². The number of hydrogen-bond donors (Lipinski definition) is 0. The predicted octanol–water partition coefficient (Wildman–Crippen LogP) is 4.48. The van der Waals surface area contributed by atoms with Gasteiger partial charge in [-0.2, -0.15) is 0 Å². The highest BCUT2D eigenvalue weighted by molar-refractivity contribution is 9.09. The summed E-state index contributed by atoms with van der Waals surface area (Å²) in [6.07, 6.45) is 6.24. The molecule has 0 radical (unpaired) electrons. The molecule has 110 valence electrons. The largest absolute Gasteiger partial charge is 0.312 e. The highest BCUT2D eigenvalue weighted by Gasteiger charge is 2.21. The summed E-state index contributed by atoms with van der Waals surface area (Å²) in [5.41, 5.74) is 3.85. The van der Waals surface area contributed by atoms with Gasteiger partial charge in [-0.3, -0.25) is 4.79 Å². The molecular formula is C17H24BrNO. The highest BCUT2D eigenvalue weighted by Crippen LogP contribution is 2.29. The van der Waals surface area contributed by atoms with Crippen molar-refractivity contribution in [2.24, 2.45) is 0 Å². The summed E-state index contributed by atoms with van der Waals surface area (Å²) in [5.74, 6) is 0.239. The van der Waals surface area contributed by atoms with Crippen molar-refractivity contribution >= 4 is 27.5 Å². The SMILES string of the molecule is CCCC(Br)Cc1ccc2c(c1)CCCN2C(=O)CC. The summed E-state index contributed by atoms with van der Waals surface area (Å²) in [6.45, 7) is 5.02. The molecule has 0 saturated heterocycles. The number of halogens is 1. The third-order valence-electron chi connectivity index (χ3n) is 3.93. The molecule has 0 bridgehead atoms. The van der Waals surface area contributed by atoms with Gasteiger partial charge in [0.1, 0.15) is 0 Å². The maximum Gasteiger partial charge on any atom is 0.226 e. The van der Waals surface area contributed by atoms with E-state index in [1.165, 1.54) is 24.0 Å². The van der Waals surface area contributed by atoms with Gasteiger partial charge in [0.25, 0.3) is 0 Å². The molecule has 0 fully saturated rings. The molecule has 0 spiro atoms. The molecule has 0 aliphatic carbocycles. The Balaban J connectivity index is 2.17. The molecule has 1 aliphatic heterocycles. The second-order valence-electron chi connectivity index (χ2n) is 5.56. The summed E-state index contributed by atoms with van der Waals surface area (Å²) in [5, 5.41) is 0. The number of amides is 1. The minimum atomic E-state index is 0.239. The number of carbonyl (C=O) groups is 1. The highest BCUT2D eigenvalue weighted by atomic mass is 79.9. The lowest BCUT2D eigenvalue weighted by atomic mass is 9.97. The van der Waals surface area contributed by atoms with Crippen LogP contribution in [0.5, 0.6) is 0 Å². The molecule has 1 amide bonds. The summed E-state index contributed by atoms with van der Waals surface area (Å²) >= 11 is 3.75. The Kier molecular flexibility index (Phi) is 5.64. The summed E-state index contributed by atoms with van der Waals surface area (Å²) in [6, 6.07) is 6.63. The Morgan fingerprint density at radius 2 is 2.20 bits per heavy atom. The molecule has 1 aromatic rings. The molecule has 1 unspecified atom stereocenters. The van der Waals surface area contributed by atoms with Crippen molar-refractivity contribution < 1.29 is 4.79 Å². The quantitative estimate of drug-likeness (QED) is 0.725. The number of anilines is 1. The fourth-order valence-corrected chi connectivity index (χ4v) is 3.73. The fourth-order valence-electron chi connectivity index (χ4n) is 2.90. The lowest BCUT2D eigenvalue weighted by Crippen LogP contribution is -2.34. The molecule has 20 heavy (non-hydrogen) atoms. The zero-order valence-corrected chi connectivity index (χ0v) is 14.1. The number of benzene rings is 1. The predicted molar refractivity (Wildman–Crippen MR) is 88.7 cm³/mol. The molecule has 0 saturated carbocycles. The van der Waals surface area contributed by atoms with E-state index in [1.807, 2.05) is 11.8 Å². The van der Waals surface area contributed by atoms with E-state index in [1.54, 1.807) is 0 Å². The maximum absolute atomic E-state index is 12.0. The monoisotopic (exact) mass is 337 g/mol. The van der Waals surface area contributed by atoms with Gasteiger partial charge in [0.15, 0.2) is 0 Å². The van der Waals surface area contributed by atoms with E-state index < -0.39 is 0 Å². The van der Waals surface area contributed by atoms with Gasteiger partial charge in [-0.1, -0.05) is 48.3 Å². The van der Waals surface area contributed by atoms with Crippen molar-refractivity contribution in [3.63, 3.8) is 0 Å². The average molecular weight is 338 g/mol. The zero-order chi connectivity index (χ0) is 14.5. The Hall–Kier alpha value is -0.830. The Morgan fingerprint density at radius 3 is 2.90 bits per heavy atom. The van der Waals surface area contributed by atoms with Crippen LogP contribution in [0.3, 0.4) is 0 Å². The van der Waals surface area contributed by atoms with Gasteiger partial charge in [0.05, 0.1) is 0 Å². The number of rotatable bonds is 5. The minimum absolute atomic E-state index is 0.239. The van der Waals surface area contributed by atoms with Crippen molar-refractivity contribution in [3.05, 3.63) is 29.3 Å². The van der Waals surface area contributed by atoms with E-state index in [9.17, 15) is 4.79 Å². The number of nitrogens with zero attached hydrogens (tertiary/aromatic N) is 1. The summed E-state index contributed by atoms with van der Waals surface area (Å²) in [7, 11) is 0. The normalized spacial score (nSPS) is 15.8. The van der Waals surface area contributed by atoms with E-state index in [0.29, 0.717) is 11.2 Å². The molecule has 1 aromatic carbocycles. The van der Waals surface area contributed by atoms with E-state index in [2.05, 4.69) is 41.1 Å². The van der Waals surface area contributed by atoms with Gasteiger partial charge in [0, 0.05) is 23.5 Å². The van der Waals surface area contributed by atoms with Crippen LogP contribution in [0.4, 0.5) is 5.69 Å². The van der Waals surface area contributed by atoms with Crippen LogP contribution in [0.25, 0.3) is 0 Å². The number of fused-ring (bicyclic) bond motifs is 1. The first-order valence-electron chi connectivity index (χ1n) is 7.72. The van der Waals surface area contributed by atoms with Crippen molar-refractivity contribution in [3.8, 4) is 0 Å². The summed E-state index contributed by atoms with van der Waals surface area (Å²) < 4.78 is 0. The van der Waals surface area contributed by atoms with E-state index >= 15 is 0 Å². The van der Waals surface area contributed by atoms with E-state index in [0.717, 1.165) is 31.5 Å². The molecule has 2 rings (SSSR count). The molecule has 3 heteroatoms. The standard InChI is InChI=1S/C17H24BrNO/c1-3-6-15(18)12-13-8-9-16-14(11-13)7-5-10-19(16)17(20)4-2/h8-9,11,15H,3-7,10,12H2,1-2H3. The first-order chi connectivity index (χ1) is 9.65. The second-order valence-corrected chi connectivity index (χ2v) is 6.85. The van der Waals surface area contributed by atoms with Crippen molar-refractivity contribution in [1.82, 2.24) is 0 Å².